The molecular formula is C24H31NO5. The third-order valence-corrected chi connectivity index (χ3v) is 4.36. The van der Waals surface area contributed by atoms with Gasteiger partial charge in [-0.3, -0.25) is 9.59 Å². The van der Waals surface area contributed by atoms with Gasteiger partial charge in [-0.25, -0.2) is 0 Å². The first kappa shape index (κ1) is 23.3. The number of aromatic hydroxyl groups is 1. The zero-order valence-electron chi connectivity index (χ0n) is 18.2. The van der Waals surface area contributed by atoms with Crippen molar-refractivity contribution >= 4 is 17.6 Å². The Kier molecular flexibility index (Phi) is 8.27. The van der Waals surface area contributed by atoms with Gasteiger partial charge in [0, 0.05) is 12.1 Å². The normalized spacial score (nSPS) is 11.1. The van der Waals surface area contributed by atoms with E-state index in [-0.39, 0.29) is 30.5 Å². The van der Waals surface area contributed by atoms with Crippen LogP contribution in [0, 0.1) is 0 Å². The van der Waals surface area contributed by atoms with Crippen molar-refractivity contribution in [2.75, 3.05) is 12.4 Å². The Morgan fingerprint density at radius 2 is 1.70 bits per heavy atom. The zero-order valence-corrected chi connectivity index (χ0v) is 18.2. The molecule has 0 atom stereocenters. The fourth-order valence-corrected chi connectivity index (χ4v) is 3.01. The summed E-state index contributed by atoms with van der Waals surface area (Å²) in [5.74, 6) is 0.0198. The maximum atomic E-state index is 12.1. The molecule has 0 spiro atoms. The number of phenols is 1. The Balaban J connectivity index is 1.81. The third kappa shape index (κ3) is 8.15. The summed E-state index contributed by atoms with van der Waals surface area (Å²) in [4.78, 5) is 23.9. The number of phenolic OH excluding ortho intramolecular Hbond substituents is 1. The van der Waals surface area contributed by atoms with Gasteiger partial charge in [-0.2, -0.15) is 0 Å². The maximum Gasteiger partial charge on any atom is 0.306 e. The molecule has 0 aromatic heterocycles. The van der Waals surface area contributed by atoms with Crippen LogP contribution in [0.5, 0.6) is 11.5 Å². The Bertz CT molecular complexity index is 870. The van der Waals surface area contributed by atoms with E-state index in [0.29, 0.717) is 11.4 Å². The van der Waals surface area contributed by atoms with Crippen LogP contribution in [0.2, 0.25) is 0 Å². The quantitative estimate of drug-likeness (QED) is 0.585. The predicted octanol–water partition coefficient (Wildman–Crippen LogP) is 4.64. The Morgan fingerprint density at radius 3 is 2.37 bits per heavy atom. The van der Waals surface area contributed by atoms with Crippen LogP contribution in [0.1, 0.15) is 51.2 Å². The van der Waals surface area contributed by atoms with E-state index in [1.165, 1.54) is 7.11 Å². The highest BCUT2D eigenvalue weighted by Crippen LogP contribution is 2.27. The van der Waals surface area contributed by atoms with Gasteiger partial charge in [0.05, 0.1) is 13.5 Å². The minimum atomic E-state index is -0.548. The van der Waals surface area contributed by atoms with E-state index >= 15 is 0 Å². The molecule has 0 aliphatic carbocycles. The molecule has 0 saturated carbocycles. The van der Waals surface area contributed by atoms with Gasteiger partial charge in [0.25, 0.3) is 0 Å². The number of nitrogens with one attached hydrogen (secondary N) is 1. The summed E-state index contributed by atoms with van der Waals surface area (Å²) in [6.07, 6.45) is 2.76. The van der Waals surface area contributed by atoms with Gasteiger partial charge < -0.3 is 19.9 Å². The van der Waals surface area contributed by atoms with Crippen LogP contribution >= 0.6 is 0 Å². The van der Waals surface area contributed by atoms with Gasteiger partial charge in [-0.15, -0.1) is 0 Å². The lowest BCUT2D eigenvalue weighted by atomic mass is 10.0. The Labute approximate surface area is 178 Å². The molecule has 0 unspecified atom stereocenters. The highest BCUT2D eigenvalue weighted by Gasteiger charge is 2.17. The number of amides is 1. The van der Waals surface area contributed by atoms with E-state index in [1.54, 1.807) is 26.8 Å². The van der Waals surface area contributed by atoms with Crippen LogP contribution in [0.25, 0.3) is 0 Å². The summed E-state index contributed by atoms with van der Waals surface area (Å²) in [6, 6.07) is 13.1. The maximum absolute atomic E-state index is 12.1. The van der Waals surface area contributed by atoms with Crippen molar-refractivity contribution in [2.45, 2.75) is 58.5 Å². The van der Waals surface area contributed by atoms with Gasteiger partial charge in [0.1, 0.15) is 5.60 Å². The molecule has 0 heterocycles. The Hall–Kier alpha value is -3.02. The van der Waals surface area contributed by atoms with E-state index in [1.807, 2.05) is 36.4 Å². The zero-order chi connectivity index (χ0) is 22.1. The molecule has 0 aliphatic rings. The van der Waals surface area contributed by atoms with E-state index in [4.69, 9.17) is 9.47 Å². The number of ether oxygens (including phenoxy) is 2. The predicted molar refractivity (Wildman–Crippen MR) is 117 cm³/mol. The van der Waals surface area contributed by atoms with Gasteiger partial charge in [-0.1, -0.05) is 18.2 Å². The van der Waals surface area contributed by atoms with Crippen LogP contribution in [-0.4, -0.2) is 29.7 Å². The summed E-state index contributed by atoms with van der Waals surface area (Å²) in [6.45, 7) is 5.40. The second-order valence-electron chi connectivity index (χ2n) is 8.19. The number of benzene rings is 2. The standard InChI is InChI=1S/C24H31NO5/c1-24(2,3)30-23(28)14-13-22(27)25-19-10-6-9-17(15-19)7-5-8-18-11-12-20(26)21(16-18)29-4/h6,9-12,15-16,26H,5,7-8,13-14H2,1-4H3,(H,25,27). The number of methoxy groups -OCH3 is 1. The lowest BCUT2D eigenvalue weighted by molar-refractivity contribution is -0.155. The molecule has 0 saturated heterocycles. The minimum Gasteiger partial charge on any atom is -0.504 e. The van der Waals surface area contributed by atoms with Crippen molar-refractivity contribution in [3.05, 3.63) is 53.6 Å². The molecule has 0 aliphatic heterocycles. The average Bonchev–Trinajstić information content (AvgIpc) is 2.67. The first-order chi connectivity index (χ1) is 14.2. The number of aryl methyl sites for hydroxylation is 2. The third-order valence-electron chi connectivity index (χ3n) is 4.36. The molecule has 2 N–H and O–H groups in total. The van der Waals surface area contributed by atoms with E-state index in [0.717, 1.165) is 30.4 Å². The number of hydrogen-bond acceptors (Lipinski definition) is 5. The minimum absolute atomic E-state index is 0.0545. The fraction of sp³-hybridized carbons (Fsp3) is 0.417. The number of rotatable bonds is 9. The Morgan fingerprint density at radius 1 is 1.00 bits per heavy atom. The molecule has 2 aromatic rings. The van der Waals surface area contributed by atoms with E-state index < -0.39 is 5.60 Å². The molecule has 0 radical (unpaired) electrons. The van der Waals surface area contributed by atoms with E-state index in [9.17, 15) is 14.7 Å². The lowest BCUT2D eigenvalue weighted by Gasteiger charge is -2.19. The van der Waals surface area contributed by atoms with Crippen LogP contribution in [0.4, 0.5) is 5.69 Å². The van der Waals surface area contributed by atoms with Gasteiger partial charge >= 0.3 is 5.97 Å². The average molecular weight is 414 g/mol. The molecule has 1 amide bonds. The number of carbonyl (C=O) groups excluding carboxylic acids is 2. The molecule has 2 rings (SSSR count). The first-order valence-corrected chi connectivity index (χ1v) is 10.1. The van der Waals surface area contributed by atoms with Crippen molar-refractivity contribution < 1.29 is 24.2 Å². The molecule has 30 heavy (non-hydrogen) atoms. The molecule has 6 nitrogen and oxygen atoms in total. The topological polar surface area (TPSA) is 84.9 Å². The number of hydrogen-bond donors (Lipinski definition) is 2. The van der Waals surface area contributed by atoms with Crippen LogP contribution in [-0.2, 0) is 27.2 Å². The summed E-state index contributed by atoms with van der Waals surface area (Å²) in [7, 11) is 1.53. The summed E-state index contributed by atoms with van der Waals surface area (Å²) >= 11 is 0. The highest BCUT2D eigenvalue weighted by molar-refractivity contribution is 5.92. The van der Waals surface area contributed by atoms with Crippen molar-refractivity contribution in [1.29, 1.82) is 0 Å². The van der Waals surface area contributed by atoms with Crippen molar-refractivity contribution in [1.82, 2.24) is 0 Å². The molecule has 2 aromatic carbocycles. The van der Waals surface area contributed by atoms with Gasteiger partial charge in [0.2, 0.25) is 5.91 Å². The summed E-state index contributed by atoms with van der Waals surface area (Å²) in [5, 5.41) is 12.5. The summed E-state index contributed by atoms with van der Waals surface area (Å²) in [5.41, 5.74) is 2.38. The first-order valence-electron chi connectivity index (χ1n) is 10.1. The number of anilines is 1. The highest BCUT2D eigenvalue weighted by atomic mass is 16.6. The van der Waals surface area contributed by atoms with Crippen LogP contribution < -0.4 is 10.1 Å². The lowest BCUT2D eigenvalue weighted by Crippen LogP contribution is -2.24. The smallest absolute Gasteiger partial charge is 0.306 e. The van der Waals surface area contributed by atoms with Gasteiger partial charge in [-0.05, 0) is 75.4 Å². The van der Waals surface area contributed by atoms with Crippen LogP contribution in [0.15, 0.2) is 42.5 Å². The molecule has 6 heteroatoms. The van der Waals surface area contributed by atoms with Crippen molar-refractivity contribution in [2.24, 2.45) is 0 Å². The number of esters is 1. The molecule has 162 valence electrons. The van der Waals surface area contributed by atoms with Crippen molar-refractivity contribution in [3.63, 3.8) is 0 Å². The van der Waals surface area contributed by atoms with E-state index in [2.05, 4.69) is 5.32 Å². The second kappa shape index (κ2) is 10.7. The SMILES string of the molecule is COc1cc(CCCc2cccc(NC(=O)CCC(=O)OC(C)(C)C)c2)ccc1O. The molecule has 0 fully saturated rings. The molecule has 0 bridgehead atoms. The monoisotopic (exact) mass is 413 g/mol. The fourth-order valence-electron chi connectivity index (χ4n) is 3.01. The van der Waals surface area contributed by atoms with Gasteiger partial charge in [0.15, 0.2) is 11.5 Å². The van der Waals surface area contributed by atoms with Crippen LogP contribution in [0.3, 0.4) is 0 Å². The number of carbonyl (C=O) groups is 2. The van der Waals surface area contributed by atoms with Crippen molar-refractivity contribution in [3.8, 4) is 11.5 Å². The molecular weight excluding hydrogens is 382 g/mol. The summed E-state index contributed by atoms with van der Waals surface area (Å²) < 4.78 is 10.4. The second-order valence-corrected chi connectivity index (χ2v) is 8.19. The largest absolute Gasteiger partial charge is 0.504 e.